The molecule has 0 saturated heterocycles. The van der Waals surface area contributed by atoms with Crippen LogP contribution in [0.15, 0.2) is 61.2 Å². The van der Waals surface area contributed by atoms with Crippen molar-refractivity contribution >= 4 is 29.1 Å². The number of imidazole rings is 1. The number of carbonyl (C=O) groups excluding carboxylic acids is 1. The van der Waals surface area contributed by atoms with Gasteiger partial charge in [0, 0.05) is 24.8 Å². The van der Waals surface area contributed by atoms with Gasteiger partial charge in [0.1, 0.15) is 0 Å². The molecule has 0 fully saturated rings. The topological polar surface area (TPSA) is 71.8 Å². The van der Waals surface area contributed by atoms with E-state index < -0.39 is 0 Å². The van der Waals surface area contributed by atoms with Crippen LogP contribution in [-0.2, 0) is 11.3 Å². The maximum Gasteiger partial charge on any atom is 0.245 e. The third kappa shape index (κ3) is 4.11. The van der Waals surface area contributed by atoms with Crippen LogP contribution >= 0.6 is 11.6 Å². The van der Waals surface area contributed by atoms with E-state index in [1.54, 1.807) is 24.7 Å². The van der Waals surface area contributed by atoms with Crippen LogP contribution in [0.2, 0.25) is 5.02 Å². The van der Waals surface area contributed by atoms with Crippen molar-refractivity contribution < 1.29 is 4.79 Å². The second kappa shape index (κ2) is 7.61. The van der Waals surface area contributed by atoms with Gasteiger partial charge in [-0.3, -0.25) is 15.1 Å². The third-order valence-corrected chi connectivity index (χ3v) is 3.71. The average molecular weight is 342 g/mol. The Morgan fingerprint density at radius 2 is 1.92 bits per heavy atom. The van der Waals surface area contributed by atoms with Gasteiger partial charge in [0.2, 0.25) is 11.9 Å². The van der Waals surface area contributed by atoms with Gasteiger partial charge in [-0.15, -0.1) is 0 Å². The summed E-state index contributed by atoms with van der Waals surface area (Å²) in [5.74, 6) is 0.301. The van der Waals surface area contributed by atoms with Gasteiger partial charge in [-0.05, 0) is 29.8 Å². The molecular weight excluding hydrogens is 326 g/mol. The molecule has 7 heteroatoms. The number of nitrogens with zero attached hydrogens (tertiary/aromatic N) is 3. The summed E-state index contributed by atoms with van der Waals surface area (Å²) in [5, 5.41) is 6.37. The molecule has 2 aromatic heterocycles. The molecule has 0 unspecified atom stereocenters. The summed E-state index contributed by atoms with van der Waals surface area (Å²) >= 11 is 6.05. The van der Waals surface area contributed by atoms with Gasteiger partial charge in [-0.1, -0.05) is 23.7 Å². The molecule has 1 aromatic carbocycles. The molecule has 1 amide bonds. The van der Waals surface area contributed by atoms with E-state index in [1.807, 2.05) is 41.1 Å². The predicted molar refractivity (Wildman–Crippen MR) is 94.1 cm³/mol. The first-order chi connectivity index (χ1) is 11.7. The molecule has 0 aliphatic rings. The molecule has 6 nitrogen and oxygen atoms in total. The number of aromatic nitrogens is 3. The summed E-state index contributed by atoms with van der Waals surface area (Å²) < 4.78 is 1.86. The summed E-state index contributed by atoms with van der Waals surface area (Å²) in [6.45, 7) is 0.710. The Hall–Kier alpha value is -2.86. The van der Waals surface area contributed by atoms with Gasteiger partial charge in [0.15, 0.2) is 0 Å². The SMILES string of the molecule is O=C(CNc1ccccc1Cl)Nc1nccn1Cc1ccncc1. The Morgan fingerprint density at radius 1 is 1.12 bits per heavy atom. The number of pyridine rings is 1. The minimum absolute atomic E-state index is 0.103. The Kier molecular flexibility index (Phi) is 5.08. The molecule has 3 rings (SSSR count). The van der Waals surface area contributed by atoms with Crippen LogP contribution in [0.1, 0.15) is 5.56 Å². The maximum atomic E-state index is 12.1. The van der Waals surface area contributed by atoms with Gasteiger partial charge in [-0.25, -0.2) is 4.98 Å². The van der Waals surface area contributed by atoms with E-state index in [2.05, 4.69) is 20.6 Å². The Balaban J connectivity index is 1.59. The molecule has 2 N–H and O–H groups in total. The summed E-state index contributed by atoms with van der Waals surface area (Å²) in [6.07, 6.45) is 6.94. The van der Waals surface area contributed by atoms with E-state index in [-0.39, 0.29) is 12.5 Å². The minimum atomic E-state index is -0.197. The van der Waals surface area contributed by atoms with E-state index in [1.165, 1.54) is 0 Å². The molecule has 2 heterocycles. The number of hydrogen-bond donors (Lipinski definition) is 2. The van der Waals surface area contributed by atoms with Gasteiger partial charge in [0.25, 0.3) is 0 Å². The fourth-order valence-corrected chi connectivity index (χ4v) is 2.40. The zero-order valence-electron chi connectivity index (χ0n) is 12.8. The first-order valence-corrected chi connectivity index (χ1v) is 7.78. The van der Waals surface area contributed by atoms with Crippen LogP contribution in [0.5, 0.6) is 0 Å². The van der Waals surface area contributed by atoms with E-state index in [4.69, 9.17) is 11.6 Å². The van der Waals surface area contributed by atoms with E-state index in [0.29, 0.717) is 17.5 Å². The molecule has 24 heavy (non-hydrogen) atoms. The predicted octanol–water partition coefficient (Wildman–Crippen LogP) is 3.03. The lowest BCUT2D eigenvalue weighted by Gasteiger charge is -2.10. The number of carbonyl (C=O) groups is 1. The molecule has 0 saturated carbocycles. The Bertz CT molecular complexity index is 819. The van der Waals surface area contributed by atoms with E-state index in [0.717, 1.165) is 11.3 Å². The minimum Gasteiger partial charge on any atom is -0.375 e. The van der Waals surface area contributed by atoms with Crippen LogP contribution in [0.25, 0.3) is 0 Å². The van der Waals surface area contributed by atoms with Gasteiger partial charge in [-0.2, -0.15) is 0 Å². The van der Waals surface area contributed by atoms with Gasteiger partial charge < -0.3 is 9.88 Å². The molecule has 3 aromatic rings. The molecule has 0 aliphatic carbocycles. The lowest BCUT2D eigenvalue weighted by atomic mass is 10.3. The summed E-state index contributed by atoms with van der Waals surface area (Å²) in [5.41, 5.74) is 1.79. The smallest absolute Gasteiger partial charge is 0.245 e. The third-order valence-electron chi connectivity index (χ3n) is 3.38. The summed E-state index contributed by atoms with van der Waals surface area (Å²) in [4.78, 5) is 20.3. The van der Waals surface area contributed by atoms with Crippen molar-refractivity contribution in [3.05, 3.63) is 71.8 Å². The fraction of sp³-hybridized carbons (Fsp3) is 0.118. The van der Waals surface area contributed by atoms with Crippen molar-refractivity contribution in [3.63, 3.8) is 0 Å². The van der Waals surface area contributed by atoms with Crippen LogP contribution in [0, 0.1) is 0 Å². The van der Waals surface area contributed by atoms with Crippen molar-refractivity contribution in [2.45, 2.75) is 6.54 Å². The largest absolute Gasteiger partial charge is 0.375 e. The van der Waals surface area contributed by atoms with Crippen molar-refractivity contribution in [2.24, 2.45) is 0 Å². The van der Waals surface area contributed by atoms with Gasteiger partial charge in [0.05, 0.1) is 23.8 Å². The summed E-state index contributed by atoms with van der Waals surface area (Å²) in [6, 6.07) is 11.1. The molecule has 0 spiro atoms. The lowest BCUT2D eigenvalue weighted by molar-refractivity contribution is -0.114. The first-order valence-electron chi connectivity index (χ1n) is 7.40. The highest BCUT2D eigenvalue weighted by atomic mass is 35.5. The number of rotatable bonds is 6. The number of benzene rings is 1. The van der Waals surface area contributed by atoms with Crippen molar-refractivity contribution in [3.8, 4) is 0 Å². The van der Waals surface area contributed by atoms with Crippen molar-refractivity contribution in [2.75, 3.05) is 17.2 Å². The number of amides is 1. The molecular formula is C17H16ClN5O. The van der Waals surface area contributed by atoms with Gasteiger partial charge >= 0.3 is 0 Å². The molecule has 0 radical (unpaired) electrons. The van der Waals surface area contributed by atoms with Crippen molar-refractivity contribution in [1.29, 1.82) is 0 Å². The van der Waals surface area contributed by atoms with E-state index in [9.17, 15) is 4.79 Å². The normalized spacial score (nSPS) is 10.4. The fourth-order valence-electron chi connectivity index (χ4n) is 2.19. The maximum absolute atomic E-state index is 12.1. The number of para-hydroxylation sites is 1. The quantitative estimate of drug-likeness (QED) is 0.723. The second-order valence-electron chi connectivity index (χ2n) is 5.12. The molecule has 122 valence electrons. The molecule has 0 atom stereocenters. The highest BCUT2D eigenvalue weighted by molar-refractivity contribution is 6.33. The van der Waals surface area contributed by atoms with Crippen LogP contribution in [0.3, 0.4) is 0 Å². The number of hydrogen-bond acceptors (Lipinski definition) is 4. The first kappa shape index (κ1) is 16.0. The Labute approximate surface area is 144 Å². The standard InChI is InChI=1S/C17H16ClN5O/c18-14-3-1-2-4-15(14)21-11-16(24)22-17-20-9-10-23(17)12-13-5-7-19-8-6-13/h1-10,21H,11-12H2,(H,20,22,24). The second-order valence-corrected chi connectivity index (χ2v) is 5.52. The summed E-state index contributed by atoms with van der Waals surface area (Å²) in [7, 11) is 0. The van der Waals surface area contributed by atoms with Crippen LogP contribution in [-0.4, -0.2) is 27.0 Å². The zero-order chi connectivity index (χ0) is 16.8. The van der Waals surface area contributed by atoms with Crippen molar-refractivity contribution in [1.82, 2.24) is 14.5 Å². The van der Waals surface area contributed by atoms with Crippen LogP contribution < -0.4 is 10.6 Å². The number of anilines is 2. The molecule has 0 aliphatic heterocycles. The monoisotopic (exact) mass is 341 g/mol. The van der Waals surface area contributed by atoms with E-state index >= 15 is 0 Å². The zero-order valence-corrected chi connectivity index (χ0v) is 13.6. The average Bonchev–Trinajstić information content (AvgIpc) is 3.02. The lowest BCUT2D eigenvalue weighted by Crippen LogP contribution is -2.23. The van der Waals surface area contributed by atoms with Crippen LogP contribution in [0.4, 0.5) is 11.6 Å². The highest BCUT2D eigenvalue weighted by Gasteiger charge is 2.09. The highest BCUT2D eigenvalue weighted by Crippen LogP contribution is 2.20. The Morgan fingerprint density at radius 3 is 2.71 bits per heavy atom. The number of nitrogens with one attached hydrogen (secondary N) is 2. The number of halogens is 1. The molecule has 0 bridgehead atoms.